The molecule has 2 saturated heterocycles. The van der Waals surface area contributed by atoms with Gasteiger partial charge in [-0.25, -0.2) is 0 Å². The van der Waals surface area contributed by atoms with E-state index in [1.807, 2.05) is 0 Å². The predicted octanol–water partition coefficient (Wildman–Crippen LogP) is -1.06. The number of amides is 1. The number of likely N-dealkylation sites (N-methyl/N-ethyl adjacent to an activating group) is 1. The van der Waals surface area contributed by atoms with Crippen LogP contribution in [0, 0.1) is 0 Å². The summed E-state index contributed by atoms with van der Waals surface area (Å²) in [6.07, 6.45) is 1.42. The van der Waals surface area contributed by atoms with Gasteiger partial charge in [-0.3, -0.25) is 4.79 Å². The average Bonchev–Trinajstić information content (AvgIpc) is 2.85. The van der Waals surface area contributed by atoms with Gasteiger partial charge in [-0.15, -0.1) is 0 Å². The first-order valence-corrected chi connectivity index (χ1v) is 6.62. The third kappa shape index (κ3) is 3.65. The van der Waals surface area contributed by atoms with Crippen LogP contribution in [-0.4, -0.2) is 69.0 Å². The van der Waals surface area contributed by atoms with Crippen LogP contribution in [0.3, 0.4) is 0 Å². The van der Waals surface area contributed by atoms with Crippen molar-refractivity contribution in [1.29, 1.82) is 0 Å². The number of nitrogens with one attached hydrogen (secondary N) is 1. The zero-order valence-electron chi connectivity index (χ0n) is 10.9. The quantitative estimate of drug-likeness (QED) is 0.671. The summed E-state index contributed by atoms with van der Waals surface area (Å²) in [4.78, 5) is 14.1. The molecule has 0 saturated carbocycles. The lowest BCUT2D eigenvalue weighted by Gasteiger charge is -2.30. The molecule has 0 bridgehead atoms. The summed E-state index contributed by atoms with van der Waals surface area (Å²) in [5, 5.41) is 2.90. The van der Waals surface area contributed by atoms with Crippen LogP contribution in [0.1, 0.15) is 12.8 Å². The molecule has 1 amide bonds. The summed E-state index contributed by atoms with van der Waals surface area (Å²) in [6.45, 7) is 3.58. The van der Waals surface area contributed by atoms with Gasteiger partial charge in [0.2, 0.25) is 5.91 Å². The van der Waals surface area contributed by atoms with E-state index >= 15 is 0 Å². The number of hydrogen-bond donors (Lipinski definition) is 2. The third-order valence-electron chi connectivity index (χ3n) is 3.51. The maximum atomic E-state index is 11.9. The maximum Gasteiger partial charge on any atom is 0.249 e. The molecule has 3 atom stereocenters. The van der Waals surface area contributed by atoms with Gasteiger partial charge in [-0.05, 0) is 19.9 Å². The zero-order chi connectivity index (χ0) is 13.0. The molecule has 0 spiro atoms. The van der Waals surface area contributed by atoms with Crippen LogP contribution < -0.4 is 11.1 Å². The first kappa shape index (κ1) is 13.7. The van der Waals surface area contributed by atoms with E-state index in [4.69, 9.17) is 15.2 Å². The van der Waals surface area contributed by atoms with E-state index in [1.165, 1.54) is 0 Å². The number of hydrogen-bond acceptors (Lipinski definition) is 5. The molecule has 2 heterocycles. The van der Waals surface area contributed by atoms with Crippen LogP contribution in [0.15, 0.2) is 0 Å². The molecule has 0 aromatic carbocycles. The number of nitrogens with zero attached hydrogens (tertiary/aromatic N) is 1. The lowest BCUT2D eigenvalue weighted by Crippen LogP contribution is -2.47. The number of rotatable bonds is 4. The van der Waals surface area contributed by atoms with Crippen molar-refractivity contribution < 1.29 is 14.3 Å². The van der Waals surface area contributed by atoms with E-state index in [9.17, 15) is 4.79 Å². The molecule has 0 aromatic heterocycles. The minimum Gasteiger partial charge on any atom is -0.374 e. The van der Waals surface area contributed by atoms with E-state index in [1.54, 1.807) is 0 Å². The zero-order valence-corrected chi connectivity index (χ0v) is 10.9. The van der Waals surface area contributed by atoms with Gasteiger partial charge in [-0.2, -0.15) is 0 Å². The summed E-state index contributed by atoms with van der Waals surface area (Å²) in [7, 11) is 2.06. The summed E-state index contributed by atoms with van der Waals surface area (Å²) < 4.78 is 11.1. The summed E-state index contributed by atoms with van der Waals surface area (Å²) >= 11 is 0. The molecule has 2 aliphatic rings. The Morgan fingerprint density at radius 2 is 2.28 bits per heavy atom. The molecular formula is C12H23N3O3. The molecule has 0 aliphatic carbocycles. The number of ether oxygens (including phenoxy) is 2. The monoisotopic (exact) mass is 257 g/mol. The van der Waals surface area contributed by atoms with Crippen molar-refractivity contribution in [2.24, 2.45) is 5.73 Å². The highest BCUT2D eigenvalue weighted by Gasteiger charge is 2.30. The molecule has 3 N–H and O–H groups in total. The Morgan fingerprint density at radius 3 is 2.94 bits per heavy atom. The third-order valence-corrected chi connectivity index (χ3v) is 3.51. The van der Waals surface area contributed by atoms with Gasteiger partial charge in [-0.1, -0.05) is 0 Å². The topological polar surface area (TPSA) is 76.8 Å². The Hall–Kier alpha value is -0.690. The number of morpholine rings is 1. The van der Waals surface area contributed by atoms with Gasteiger partial charge in [0.25, 0.3) is 0 Å². The highest BCUT2D eigenvalue weighted by atomic mass is 16.5. The highest BCUT2D eigenvalue weighted by Crippen LogP contribution is 2.18. The average molecular weight is 257 g/mol. The number of nitrogens with two attached hydrogens (primary N) is 1. The second kappa shape index (κ2) is 6.47. The molecule has 3 unspecified atom stereocenters. The van der Waals surface area contributed by atoms with E-state index in [0.717, 1.165) is 32.5 Å². The second-order valence-corrected chi connectivity index (χ2v) is 5.06. The van der Waals surface area contributed by atoms with Gasteiger partial charge in [0.15, 0.2) is 0 Å². The SMILES string of the molecule is CN1CCOC(CNC(=O)C2CCC(CN)O2)C1. The summed E-state index contributed by atoms with van der Waals surface area (Å²) in [5.74, 6) is -0.0391. The summed E-state index contributed by atoms with van der Waals surface area (Å²) in [5.41, 5.74) is 5.52. The maximum absolute atomic E-state index is 11.9. The smallest absolute Gasteiger partial charge is 0.249 e. The van der Waals surface area contributed by atoms with E-state index in [0.29, 0.717) is 13.1 Å². The Bertz CT molecular complexity index is 288. The van der Waals surface area contributed by atoms with Gasteiger partial charge >= 0.3 is 0 Å². The number of carbonyl (C=O) groups is 1. The van der Waals surface area contributed by atoms with Crippen molar-refractivity contribution in [2.75, 3.05) is 39.8 Å². The normalized spacial score (nSPS) is 33.6. The molecule has 2 fully saturated rings. The Labute approximate surface area is 108 Å². The second-order valence-electron chi connectivity index (χ2n) is 5.06. The van der Waals surface area contributed by atoms with Crippen LogP contribution in [0.4, 0.5) is 0 Å². The highest BCUT2D eigenvalue weighted by molar-refractivity contribution is 5.81. The molecule has 18 heavy (non-hydrogen) atoms. The largest absolute Gasteiger partial charge is 0.374 e. The molecular weight excluding hydrogens is 234 g/mol. The van der Waals surface area contributed by atoms with Crippen molar-refractivity contribution in [2.45, 2.75) is 31.2 Å². The fourth-order valence-corrected chi connectivity index (χ4v) is 2.39. The molecule has 0 radical (unpaired) electrons. The Morgan fingerprint density at radius 1 is 1.44 bits per heavy atom. The van der Waals surface area contributed by atoms with Crippen molar-refractivity contribution >= 4 is 5.91 Å². The summed E-state index contributed by atoms with van der Waals surface area (Å²) in [6, 6.07) is 0. The molecule has 104 valence electrons. The first-order chi connectivity index (χ1) is 8.69. The lowest BCUT2D eigenvalue weighted by molar-refractivity contribution is -0.132. The van der Waals surface area contributed by atoms with Crippen LogP contribution in [0.25, 0.3) is 0 Å². The fourth-order valence-electron chi connectivity index (χ4n) is 2.39. The predicted molar refractivity (Wildman–Crippen MR) is 67.2 cm³/mol. The van der Waals surface area contributed by atoms with Crippen LogP contribution >= 0.6 is 0 Å². The van der Waals surface area contributed by atoms with Crippen LogP contribution in [-0.2, 0) is 14.3 Å². The fraction of sp³-hybridized carbons (Fsp3) is 0.917. The van der Waals surface area contributed by atoms with Crippen LogP contribution in [0.5, 0.6) is 0 Å². The van der Waals surface area contributed by atoms with Crippen molar-refractivity contribution in [3.63, 3.8) is 0 Å². The minimum atomic E-state index is -0.333. The lowest BCUT2D eigenvalue weighted by atomic mass is 10.2. The van der Waals surface area contributed by atoms with E-state index < -0.39 is 0 Å². The Balaban J connectivity index is 1.68. The van der Waals surface area contributed by atoms with Gasteiger partial charge in [0.05, 0.1) is 18.8 Å². The number of carbonyl (C=O) groups excluding carboxylic acids is 1. The molecule has 6 heteroatoms. The van der Waals surface area contributed by atoms with Crippen molar-refractivity contribution in [3.05, 3.63) is 0 Å². The van der Waals surface area contributed by atoms with Gasteiger partial charge < -0.3 is 25.4 Å². The van der Waals surface area contributed by atoms with E-state index in [2.05, 4.69) is 17.3 Å². The van der Waals surface area contributed by atoms with Gasteiger partial charge in [0.1, 0.15) is 6.10 Å². The molecule has 6 nitrogen and oxygen atoms in total. The first-order valence-electron chi connectivity index (χ1n) is 6.62. The van der Waals surface area contributed by atoms with Crippen molar-refractivity contribution in [1.82, 2.24) is 10.2 Å². The van der Waals surface area contributed by atoms with Crippen LogP contribution in [0.2, 0.25) is 0 Å². The molecule has 0 aromatic rings. The van der Waals surface area contributed by atoms with Gasteiger partial charge in [0, 0.05) is 26.2 Å². The Kier molecular flexibility index (Phi) is 4.94. The molecule has 2 aliphatic heterocycles. The van der Waals surface area contributed by atoms with Crippen molar-refractivity contribution in [3.8, 4) is 0 Å². The van der Waals surface area contributed by atoms with E-state index in [-0.39, 0.29) is 24.2 Å². The standard InChI is InChI=1S/C12H23N3O3/c1-15-4-5-17-10(8-15)7-14-12(16)11-3-2-9(6-13)18-11/h9-11H,2-8,13H2,1H3,(H,14,16). The molecule has 2 rings (SSSR count). The minimum absolute atomic E-state index is 0.0391.